The fraction of sp³-hybridized carbons (Fsp3) is 0. The van der Waals surface area contributed by atoms with Gasteiger partial charge in [0.2, 0.25) is 0 Å². The molecule has 1 heterocycles. The first-order valence-corrected chi connectivity index (χ1v) is 5.05. The largest absolute Gasteiger partial charge is 0.147 e. The minimum atomic E-state index is 0.961. The maximum absolute atomic E-state index is 3.97. The van der Waals surface area contributed by atoms with Crippen molar-refractivity contribution < 1.29 is 0 Å². The second-order valence-electron chi connectivity index (χ2n) is 2.25. The van der Waals surface area contributed by atoms with Crippen LogP contribution in [0, 0.1) is 0 Å². The van der Waals surface area contributed by atoms with Crippen LogP contribution in [0.15, 0.2) is 34.2 Å². The number of rotatable bonds is 1. The Kier molecular flexibility index (Phi) is 2.19. The molecular formula is C8H5BrN2S. The van der Waals surface area contributed by atoms with Crippen LogP contribution in [0.3, 0.4) is 0 Å². The van der Waals surface area contributed by atoms with Gasteiger partial charge in [0.1, 0.15) is 10.5 Å². The molecule has 0 fully saturated rings. The third-order valence-corrected chi connectivity index (χ3v) is 2.72. The monoisotopic (exact) mass is 240 g/mol. The standard InChI is InChI=1S/C8H5BrN2S/c9-7-3-1-6(2-4-7)8-11-10-5-12-8/h1-5H. The van der Waals surface area contributed by atoms with E-state index in [0.717, 1.165) is 15.0 Å². The van der Waals surface area contributed by atoms with Crippen LogP contribution in [0.5, 0.6) is 0 Å². The van der Waals surface area contributed by atoms with E-state index >= 15 is 0 Å². The second kappa shape index (κ2) is 3.33. The lowest BCUT2D eigenvalue weighted by atomic mass is 10.2. The van der Waals surface area contributed by atoms with Gasteiger partial charge < -0.3 is 0 Å². The minimum Gasteiger partial charge on any atom is -0.147 e. The van der Waals surface area contributed by atoms with Gasteiger partial charge in [-0.1, -0.05) is 39.4 Å². The van der Waals surface area contributed by atoms with E-state index in [1.807, 2.05) is 24.3 Å². The summed E-state index contributed by atoms with van der Waals surface area (Å²) < 4.78 is 1.08. The number of hydrogen-bond acceptors (Lipinski definition) is 3. The molecule has 0 aliphatic heterocycles. The molecule has 0 atom stereocenters. The Bertz CT molecular complexity index is 355. The Balaban J connectivity index is 2.43. The topological polar surface area (TPSA) is 25.8 Å². The molecule has 0 bridgehead atoms. The molecule has 0 spiro atoms. The predicted octanol–water partition coefficient (Wildman–Crippen LogP) is 2.97. The van der Waals surface area contributed by atoms with Gasteiger partial charge in [0.15, 0.2) is 0 Å². The average Bonchev–Trinajstić information content (AvgIpc) is 2.58. The molecule has 1 aromatic carbocycles. The highest BCUT2D eigenvalue weighted by Crippen LogP contribution is 2.22. The van der Waals surface area contributed by atoms with Crippen LogP contribution in [0.2, 0.25) is 0 Å². The molecule has 4 heteroatoms. The van der Waals surface area contributed by atoms with E-state index in [0.29, 0.717) is 0 Å². The smallest absolute Gasteiger partial charge is 0.147 e. The molecule has 60 valence electrons. The van der Waals surface area contributed by atoms with E-state index < -0.39 is 0 Å². The van der Waals surface area contributed by atoms with Gasteiger partial charge in [-0.3, -0.25) is 0 Å². The van der Waals surface area contributed by atoms with Crippen LogP contribution in [0.25, 0.3) is 10.6 Å². The highest BCUT2D eigenvalue weighted by atomic mass is 79.9. The van der Waals surface area contributed by atoms with Gasteiger partial charge in [-0.15, -0.1) is 10.2 Å². The molecule has 2 aromatic rings. The van der Waals surface area contributed by atoms with Crippen molar-refractivity contribution in [3.8, 4) is 10.6 Å². The maximum atomic E-state index is 3.97. The third kappa shape index (κ3) is 1.54. The molecule has 0 N–H and O–H groups in total. The summed E-state index contributed by atoms with van der Waals surface area (Å²) >= 11 is 4.92. The first-order chi connectivity index (χ1) is 5.86. The van der Waals surface area contributed by atoms with Gasteiger partial charge in [-0.05, 0) is 12.1 Å². The summed E-state index contributed by atoms with van der Waals surface area (Å²) in [5.41, 5.74) is 2.85. The highest BCUT2D eigenvalue weighted by molar-refractivity contribution is 9.10. The zero-order chi connectivity index (χ0) is 8.39. The summed E-state index contributed by atoms with van der Waals surface area (Å²) in [6.07, 6.45) is 0. The van der Waals surface area contributed by atoms with Crippen molar-refractivity contribution in [2.75, 3.05) is 0 Å². The molecule has 0 saturated carbocycles. The van der Waals surface area contributed by atoms with Crippen molar-refractivity contribution in [2.45, 2.75) is 0 Å². The number of aromatic nitrogens is 2. The van der Waals surface area contributed by atoms with Crippen LogP contribution < -0.4 is 0 Å². The summed E-state index contributed by atoms with van der Waals surface area (Å²) in [6.45, 7) is 0. The van der Waals surface area contributed by atoms with E-state index in [2.05, 4.69) is 26.1 Å². The average molecular weight is 241 g/mol. The Morgan fingerprint density at radius 2 is 1.92 bits per heavy atom. The van der Waals surface area contributed by atoms with Gasteiger partial charge in [0.05, 0.1) is 0 Å². The van der Waals surface area contributed by atoms with Gasteiger partial charge in [-0.25, -0.2) is 0 Å². The van der Waals surface area contributed by atoms with Crippen LogP contribution >= 0.6 is 27.3 Å². The quantitative estimate of drug-likeness (QED) is 0.767. The second-order valence-corrected chi connectivity index (χ2v) is 4.00. The van der Waals surface area contributed by atoms with Crippen LogP contribution in [0.4, 0.5) is 0 Å². The molecule has 0 radical (unpaired) electrons. The molecule has 0 saturated heterocycles. The molecule has 1 aromatic heterocycles. The van der Waals surface area contributed by atoms with Gasteiger partial charge in [0.25, 0.3) is 0 Å². The van der Waals surface area contributed by atoms with Crippen LogP contribution in [-0.4, -0.2) is 10.2 Å². The van der Waals surface area contributed by atoms with Gasteiger partial charge in [0, 0.05) is 10.0 Å². The van der Waals surface area contributed by atoms with E-state index in [-0.39, 0.29) is 0 Å². The summed E-state index contributed by atoms with van der Waals surface area (Å²) in [5.74, 6) is 0. The third-order valence-electron chi connectivity index (χ3n) is 1.45. The summed E-state index contributed by atoms with van der Waals surface area (Å²) in [5, 5.41) is 8.71. The van der Waals surface area contributed by atoms with Crippen molar-refractivity contribution in [3.63, 3.8) is 0 Å². The Morgan fingerprint density at radius 1 is 1.17 bits per heavy atom. The van der Waals surface area contributed by atoms with Gasteiger partial charge in [-0.2, -0.15) is 0 Å². The number of nitrogens with zero attached hydrogens (tertiary/aromatic N) is 2. The number of hydrogen-bond donors (Lipinski definition) is 0. The first-order valence-electron chi connectivity index (χ1n) is 3.38. The predicted molar refractivity (Wildman–Crippen MR) is 53.0 cm³/mol. The SMILES string of the molecule is Brc1ccc(-c2nncs2)cc1. The molecule has 0 unspecified atom stereocenters. The Hall–Kier alpha value is -0.740. The lowest BCUT2D eigenvalue weighted by molar-refractivity contribution is 1.10. The van der Waals surface area contributed by atoms with Crippen molar-refractivity contribution in [1.29, 1.82) is 0 Å². The zero-order valence-corrected chi connectivity index (χ0v) is 8.47. The van der Waals surface area contributed by atoms with E-state index in [1.165, 1.54) is 0 Å². The van der Waals surface area contributed by atoms with E-state index in [9.17, 15) is 0 Å². The molecule has 0 amide bonds. The van der Waals surface area contributed by atoms with Gasteiger partial charge >= 0.3 is 0 Å². The first kappa shape index (κ1) is 7.89. The van der Waals surface area contributed by atoms with Crippen molar-refractivity contribution in [2.24, 2.45) is 0 Å². The molecule has 12 heavy (non-hydrogen) atoms. The van der Waals surface area contributed by atoms with E-state index in [4.69, 9.17) is 0 Å². The maximum Gasteiger partial charge on any atom is 0.147 e. The summed E-state index contributed by atoms with van der Waals surface area (Å²) in [6, 6.07) is 8.03. The Morgan fingerprint density at radius 3 is 2.50 bits per heavy atom. The van der Waals surface area contributed by atoms with Crippen LogP contribution in [0.1, 0.15) is 0 Å². The Labute approximate surface area is 82.4 Å². The lowest BCUT2D eigenvalue weighted by Crippen LogP contribution is -1.75. The van der Waals surface area contributed by atoms with Crippen molar-refractivity contribution in [1.82, 2.24) is 10.2 Å². The molecule has 0 aliphatic rings. The lowest BCUT2D eigenvalue weighted by Gasteiger charge is -1.93. The highest BCUT2D eigenvalue weighted by Gasteiger charge is 1.99. The fourth-order valence-electron chi connectivity index (χ4n) is 0.891. The minimum absolute atomic E-state index is 0.961. The molecule has 2 nitrogen and oxygen atoms in total. The van der Waals surface area contributed by atoms with Crippen LogP contribution in [-0.2, 0) is 0 Å². The molecule has 0 aliphatic carbocycles. The van der Waals surface area contributed by atoms with Crippen molar-refractivity contribution in [3.05, 3.63) is 34.2 Å². The number of halogens is 1. The van der Waals surface area contributed by atoms with E-state index in [1.54, 1.807) is 16.8 Å². The zero-order valence-electron chi connectivity index (χ0n) is 6.07. The fourth-order valence-corrected chi connectivity index (χ4v) is 1.72. The molecular weight excluding hydrogens is 236 g/mol. The van der Waals surface area contributed by atoms with Crippen molar-refractivity contribution >= 4 is 27.3 Å². The number of benzene rings is 1. The molecule has 2 rings (SSSR count). The normalized spacial score (nSPS) is 10.1. The summed E-state index contributed by atoms with van der Waals surface area (Å²) in [7, 11) is 0. The summed E-state index contributed by atoms with van der Waals surface area (Å²) in [4.78, 5) is 0.